The standard InChI is InChI=1S/C10H2BF7O3.C9H21N/c12-3-1-2(5(14)7(16)6(3)15)10(21-11(19)20)9(18)8(17)4(1)13;1-4-7-10(8-5-2)9-6-3/h19-20H;4-9H2,1-3H3. The minimum atomic E-state index is -2.84. The van der Waals surface area contributed by atoms with E-state index in [1.165, 1.54) is 38.9 Å². The van der Waals surface area contributed by atoms with Gasteiger partial charge in [-0.2, -0.15) is 4.39 Å². The fourth-order valence-electron chi connectivity index (χ4n) is 2.97. The van der Waals surface area contributed by atoms with Crippen molar-refractivity contribution in [3.63, 3.8) is 0 Å². The van der Waals surface area contributed by atoms with Crippen LogP contribution in [0.2, 0.25) is 0 Å². The molecule has 0 aliphatic carbocycles. The summed E-state index contributed by atoms with van der Waals surface area (Å²) < 4.78 is 97.1. The Hall–Kier alpha value is -2.05. The average molecular weight is 457 g/mol. The normalized spacial score (nSPS) is 11.0. The third kappa shape index (κ3) is 6.24. The highest BCUT2D eigenvalue weighted by Crippen LogP contribution is 2.38. The van der Waals surface area contributed by atoms with Crippen molar-refractivity contribution in [2.75, 3.05) is 19.6 Å². The lowest BCUT2D eigenvalue weighted by Gasteiger charge is -2.19. The molecular formula is C19H23BF7NO3. The van der Waals surface area contributed by atoms with Gasteiger partial charge in [0.15, 0.2) is 40.7 Å². The lowest BCUT2D eigenvalue weighted by Crippen LogP contribution is -2.25. The average Bonchev–Trinajstić information content (AvgIpc) is 2.71. The number of hydrogen-bond donors (Lipinski definition) is 2. The summed E-state index contributed by atoms with van der Waals surface area (Å²) in [5, 5.41) is 13.6. The summed E-state index contributed by atoms with van der Waals surface area (Å²) >= 11 is 0. The fraction of sp³-hybridized carbons (Fsp3) is 0.474. The number of hydrogen-bond acceptors (Lipinski definition) is 4. The molecule has 0 aliphatic rings. The zero-order chi connectivity index (χ0) is 23.9. The zero-order valence-electron chi connectivity index (χ0n) is 17.2. The van der Waals surface area contributed by atoms with E-state index >= 15 is 0 Å². The maximum absolute atomic E-state index is 13.6. The first-order chi connectivity index (χ1) is 14.5. The highest BCUT2D eigenvalue weighted by atomic mass is 19.2. The molecule has 12 heteroatoms. The molecule has 0 radical (unpaired) electrons. The Morgan fingerprint density at radius 3 is 1.32 bits per heavy atom. The van der Waals surface area contributed by atoms with Crippen molar-refractivity contribution < 1.29 is 45.4 Å². The fourth-order valence-corrected chi connectivity index (χ4v) is 2.97. The molecule has 0 fully saturated rings. The van der Waals surface area contributed by atoms with Crippen LogP contribution in [0.4, 0.5) is 30.7 Å². The van der Waals surface area contributed by atoms with Crippen LogP contribution in [0.3, 0.4) is 0 Å². The van der Waals surface area contributed by atoms with E-state index in [9.17, 15) is 30.7 Å². The van der Waals surface area contributed by atoms with Gasteiger partial charge in [0.1, 0.15) is 0 Å². The van der Waals surface area contributed by atoms with Crippen LogP contribution in [-0.4, -0.2) is 41.9 Å². The monoisotopic (exact) mass is 457 g/mol. The van der Waals surface area contributed by atoms with Crippen LogP contribution in [0.5, 0.6) is 5.75 Å². The van der Waals surface area contributed by atoms with Crippen LogP contribution >= 0.6 is 0 Å². The minimum absolute atomic E-state index is 1.28. The number of benzene rings is 2. The Morgan fingerprint density at radius 2 is 0.968 bits per heavy atom. The highest BCUT2D eigenvalue weighted by Gasteiger charge is 2.32. The molecule has 0 aromatic heterocycles. The topological polar surface area (TPSA) is 52.9 Å². The molecule has 0 bridgehead atoms. The molecule has 2 rings (SSSR count). The van der Waals surface area contributed by atoms with Crippen molar-refractivity contribution in [2.45, 2.75) is 40.0 Å². The third-order valence-electron chi connectivity index (χ3n) is 4.14. The quantitative estimate of drug-likeness (QED) is 0.262. The Bertz CT molecular complexity index is 877. The van der Waals surface area contributed by atoms with E-state index in [1.54, 1.807) is 0 Å². The first-order valence-electron chi connectivity index (χ1n) is 9.60. The second-order valence-corrected chi connectivity index (χ2v) is 6.56. The zero-order valence-corrected chi connectivity index (χ0v) is 17.2. The van der Waals surface area contributed by atoms with Crippen LogP contribution in [0, 0.1) is 40.7 Å². The Balaban J connectivity index is 0.000000407. The highest BCUT2D eigenvalue weighted by molar-refractivity contribution is 6.34. The first kappa shape index (κ1) is 27.0. The van der Waals surface area contributed by atoms with Crippen LogP contribution < -0.4 is 4.65 Å². The Morgan fingerprint density at radius 1 is 0.613 bits per heavy atom. The molecule has 0 saturated heterocycles. The van der Waals surface area contributed by atoms with Gasteiger partial charge in [-0.1, -0.05) is 20.8 Å². The summed E-state index contributed by atoms with van der Waals surface area (Å²) in [6, 6.07) is 0. The molecule has 2 aromatic carbocycles. The van der Waals surface area contributed by atoms with Gasteiger partial charge >= 0.3 is 7.32 Å². The Kier molecular flexibility index (Phi) is 10.5. The molecule has 0 aliphatic heterocycles. The van der Waals surface area contributed by atoms with Crippen molar-refractivity contribution in [1.29, 1.82) is 0 Å². The predicted molar refractivity (Wildman–Crippen MR) is 102 cm³/mol. The smallest absolute Gasteiger partial charge is 0.509 e. The minimum Gasteiger partial charge on any atom is -0.509 e. The summed E-state index contributed by atoms with van der Waals surface area (Å²) in [5.41, 5.74) is 0. The van der Waals surface area contributed by atoms with Crippen molar-refractivity contribution in [1.82, 2.24) is 4.90 Å². The molecule has 31 heavy (non-hydrogen) atoms. The SMILES string of the molecule is CCCN(CCC)CCC.OB(O)Oc1c(F)c(F)c(F)c2c(F)c(F)c(F)c(F)c12. The Labute approximate surface area is 175 Å². The van der Waals surface area contributed by atoms with E-state index in [1.807, 2.05) is 0 Å². The van der Waals surface area contributed by atoms with Gasteiger partial charge in [-0.25, -0.2) is 26.3 Å². The molecule has 174 valence electrons. The molecule has 0 atom stereocenters. The van der Waals surface area contributed by atoms with Crippen molar-refractivity contribution >= 4 is 18.1 Å². The third-order valence-corrected chi connectivity index (χ3v) is 4.14. The molecule has 2 N–H and O–H groups in total. The van der Waals surface area contributed by atoms with Gasteiger partial charge in [0.25, 0.3) is 0 Å². The maximum Gasteiger partial charge on any atom is 0.707 e. The van der Waals surface area contributed by atoms with Gasteiger partial charge in [-0.3, -0.25) is 0 Å². The summed E-state index contributed by atoms with van der Waals surface area (Å²) in [5.74, 6) is -18.3. The molecule has 4 nitrogen and oxygen atoms in total. The van der Waals surface area contributed by atoms with Crippen LogP contribution in [0.25, 0.3) is 10.8 Å². The molecule has 0 unspecified atom stereocenters. The van der Waals surface area contributed by atoms with E-state index < -0.39 is 64.6 Å². The number of fused-ring (bicyclic) bond motifs is 1. The van der Waals surface area contributed by atoms with E-state index in [0.29, 0.717) is 0 Å². The molecule has 0 amide bonds. The molecular weight excluding hydrogens is 434 g/mol. The number of nitrogens with zero attached hydrogens (tertiary/aromatic N) is 1. The summed E-state index contributed by atoms with van der Waals surface area (Å²) in [6.07, 6.45) is 3.88. The van der Waals surface area contributed by atoms with Gasteiger partial charge in [-0.05, 0) is 38.9 Å². The van der Waals surface area contributed by atoms with Gasteiger partial charge in [0.2, 0.25) is 5.82 Å². The summed E-state index contributed by atoms with van der Waals surface area (Å²) in [6.45, 7) is 10.6. The summed E-state index contributed by atoms with van der Waals surface area (Å²) in [4.78, 5) is 2.54. The van der Waals surface area contributed by atoms with Crippen molar-refractivity contribution in [3.8, 4) is 5.75 Å². The van der Waals surface area contributed by atoms with Crippen LogP contribution in [0.1, 0.15) is 40.0 Å². The molecule has 2 aromatic rings. The molecule has 0 saturated carbocycles. The van der Waals surface area contributed by atoms with E-state index in [4.69, 9.17) is 10.0 Å². The van der Waals surface area contributed by atoms with E-state index in [-0.39, 0.29) is 0 Å². The van der Waals surface area contributed by atoms with Crippen molar-refractivity contribution in [3.05, 3.63) is 40.7 Å². The van der Waals surface area contributed by atoms with Gasteiger partial charge in [0, 0.05) is 0 Å². The molecule has 0 spiro atoms. The van der Waals surface area contributed by atoms with E-state index in [0.717, 1.165) is 0 Å². The second kappa shape index (κ2) is 12.1. The van der Waals surface area contributed by atoms with Crippen LogP contribution in [-0.2, 0) is 0 Å². The second-order valence-electron chi connectivity index (χ2n) is 6.56. The van der Waals surface area contributed by atoms with Gasteiger partial charge in [-0.15, -0.1) is 0 Å². The largest absolute Gasteiger partial charge is 0.707 e. The first-order valence-corrected chi connectivity index (χ1v) is 9.60. The van der Waals surface area contributed by atoms with Crippen molar-refractivity contribution in [2.24, 2.45) is 0 Å². The number of rotatable bonds is 8. The van der Waals surface area contributed by atoms with Crippen LogP contribution in [0.15, 0.2) is 0 Å². The predicted octanol–water partition coefficient (Wildman–Crippen LogP) is 4.68. The van der Waals surface area contributed by atoms with E-state index in [2.05, 4.69) is 30.3 Å². The summed E-state index contributed by atoms with van der Waals surface area (Å²) in [7, 11) is -2.84. The van der Waals surface area contributed by atoms with Gasteiger partial charge < -0.3 is 19.6 Å². The lowest BCUT2D eigenvalue weighted by molar-refractivity contribution is 0.275. The number of halogens is 7. The molecule has 0 heterocycles. The lowest BCUT2D eigenvalue weighted by atomic mass is 10.0. The van der Waals surface area contributed by atoms with Gasteiger partial charge in [0.05, 0.1) is 10.8 Å². The maximum atomic E-state index is 13.6.